The highest BCUT2D eigenvalue weighted by Gasteiger charge is 2.41. The zero-order valence-electron chi connectivity index (χ0n) is 16.7. The van der Waals surface area contributed by atoms with Gasteiger partial charge in [-0.25, -0.2) is 13.2 Å². The number of methoxy groups -OCH3 is 1. The molecule has 0 radical (unpaired) electrons. The minimum atomic E-state index is -3.93. The normalized spacial score (nSPS) is 17.3. The van der Waals surface area contributed by atoms with Crippen molar-refractivity contribution in [1.82, 2.24) is 13.8 Å². The van der Waals surface area contributed by atoms with Crippen molar-refractivity contribution in [3.8, 4) is 0 Å². The maximum atomic E-state index is 13.2. The Morgan fingerprint density at radius 1 is 1.24 bits per heavy atom. The molecule has 1 aliphatic heterocycles. The van der Waals surface area contributed by atoms with E-state index < -0.39 is 22.0 Å². The number of carbonyl (C=O) groups is 2. The fourth-order valence-electron chi connectivity index (χ4n) is 3.58. The van der Waals surface area contributed by atoms with E-state index in [0.29, 0.717) is 19.4 Å². The highest BCUT2D eigenvalue weighted by molar-refractivity contribution is 7.89. The molecule has 1 atom stereocenters. The second kappa shape index (κ2) is 8.38. The van der Waals surface area contributed by atoms with Crippen LogP contribution in [-0.4, -0.2) is 60.8 Å². The molecule has 2 aromatic rings. The van der Waals surface area contributed by atoms with Crippen LogP contribution in [0.15, 0.2) is 47.5 Å². The van der Waals surface area contributed by atoms with Crippen LogP contribution in [0.3, 0.4) is 0 Å². The first kappa shape index (κ1) is 21.1. The van der Waals surface area contributed by atoms with Crippen molar-refractivity contribution in [2.45, 2.75) is 30.3 Å². The number of esters is 1. The first-order valence-corrected chi connectivity index (χ1v) is 10.7. The third-order valence-electron chi connectivity index (χ3n) is 5.11. The molecule has 2 heterocycles. The van der Waals surface area contributed by atoms with Crippen LogP contribution in [0.2, 0.25) is 0 Å². The summed E-state index contributed by atoms with van der Waals surface area (Å²) in [5.74, 6) is -0.857. The molecule has 1 amide bonds. The highest BCUT2D eigenvalue weighted by atomic mass is 32.2. The van der Waals surface area contributed by atoms with Crippen LogP contribution in [0.1, 0.15) is 28.9 Å². The van der Waals surface area contributed by atoms with E-state index in [-0.39, 0.29) is 23.0 Å². The average molecular weight is 420 g/mol. The molecule has 1 fully saturated rings. The monoisotopic (exact) mass is 419 g/mol. The molecule has 0 saturated carbocycles. The Hall–Kier alpha value is -2.65. The highest BCUT2D eigenvalue weighted by Crippen LogP contribution is 2.28. The van der Waals surface area contributed by atoms with Crippen LogP contribution < -0.4 is 0 Å². The van der Waals surface area contributed by atoms with Crippen LogP contribution in [-0.2, 0) is 33.1 Å². The maximum absolute atomic E-state index is 13.2. The molecule has 1 aromatic heterocycles. The SMILES string of the molecule is COC(=O)c1cc(S(=O)(=O)N2CCC[C@H]2C(=O)N(C)Cc2ccccc2)cn1C. The number of hydrogen-bond donors (Lipinski definition) is 0. The lowest BCUT2D eigenvalue weighted by atomic mass is 10.1. The van der Waals surface area contributed by atoms with Gasteiger partial charge in [0.1, 0.15) is 16.6 Å². The predicted molar refractivity (Wildman–Crippen MR) is 107 cm³/mol. The summed E-state index contributed by atoms with van der Waals surface area (Å²) in [6.07, 6.45) is 2.44. The van der Waals surface area contributed by atoms with Gasteiger partial charge in [0.25, 0.3) is 0 Å². The third-order valence-corrected chi connectivity index (χ3v) is 6.98. The predicted octanol–water partition coefficient (Wildman–Crippen LogP) is 1.62. The first-order chi connectivity index (χ1) is 13.8. The van der Waals surface area contributed by atoms with Gasteiger partial charge in [-0.1, -0.05) is 30.3 Å². The number of likely N-dealkylation sites (N-methyl/N-ethyl adjacent to an activating group) is 1. The molecular formula is C20H25N3O5S. The van der Waals surface area contributed by atoms with E-state index in [9.17, 15) is 18.0 Å². The van der Waals surface area contributed by atoms with Gasteiger partial charge in [0.2, 0.25) is 15.9 Å². The van der Waals surface area contributed by atoms with E-state index in [1.807, 2.05) is 30.3 Å². The van der Waals surface area contributed by atoms with E-state index in [1.165, 1.54) is 28.2 Å². The van der Waals surface area contributed by atoms with E-state index in [0.717, 1.165) is 5.56 Å². The van der Waals surface area contributed by atoms with Crippen molar-refractivity contribution in [3.05, 3.63) is 53.9 Å². The minimum absolute atomic E-state index is 0.0224. The number of ether oxygens (including phenoxy) is 1. The van der Waals surface area contributed by atoms with Crippen molar-refractivity contribution >= 4 is 21.9 Å². The summed E-state index contributed by atoms with van der Waals surface area (Å²) in [4.78, 5) is 26.4. The Labute approximate surface area is 170 Å². The second-order valence-electron chi connectivity index (χ2n) is 7.12. The largest absolute Gasteiger partial charge is 0.464 e. The number of aryl methyl sites for hydroxylation is 1. The van der Waals surface area contributed by atoms with Crippen LogP contribution in [0.25, 0.3) is 0 Å². The quantitative estimate of drug-likeness (QED) is 0.664. The molecule has 0 N–H and O–H groups in total. The lowest BCUT2D eigenvalue weighted by Gasteiger charge is -2.27. The molecule has 0 unspecified atom stereocenters. The zero-order chi connectivity index (χ0) is 21.2. The Balaban J connectivity index is 1.82. The summed E-state index contributed by atoms with van der Waals surface area (Å²) in [5.41, 5.74) is 1.11. The summed E-state index contributed by atoms with van der Waals surface area (Å²) >= 11 is 0. The van der Waals surface area contributed by atoms with Crippen molar-refractivity contribution in [2.24, 2.45) is 7.05 Å². The molecule has 1 aromatic carbocycles. The van der Waals surface area contributed by atoms with E-state index >= 15 is 0 Å². The van der Waals surface area contributed by atoms with Gasteiger partial charge in [-0.2, -0.15) is 4.31 Å². The molecule has 0 spiro atoms. The number of amides is 1. The summed E-state index contributed by atoms with van der Waals surface area (Å²) in [6.45, 7) is 0.669. The minimum Gasteiger partial charge on any atom is -0.464 e. The molecule has 1 saturated heterocycles. The molecule has 29 heavy (non-hydrogen) atoms. The van der Waals surface area contributed by atoms with E-state index in [2.05, 4.69) is 4.74 Å². The van der Waals surface area contributed by atoms with Gasteiger partial charge in [-0.3, -0.25) is 4.79 Å². The number of nitrogens with zero attached hydrogens (tertiary/aromatic N) is 3. The second-order valence-corrected chi connectivity index (χ2v) is 9.01. The smallest absolute Gasteiger partial charge is 0.354 e. The molecule has 3 rings (SSSR count). The number of rotatable bonds is 6. The van der Waals surface area contributed by atoms with Gasteiger partial charge in [-0.05, 0) is 24.5 Å². The third kappa shape index (κ3) is 4.20. The van der Waals surface area contributed by atoms with Gasteiger partial charge in [-0.15, -0.1) is 0 Å². The molecule has 0 bridgehead atoms. The van der Waals surface area contributed by atoms with Crippen molar-refractivity contribution < 1.29 is 22.7 Å². The maximum Gasteiger partial charge on any atom is 0.354 e. The number of benzene rings is 1. The molecule has 8 nitrogen and oxygen atoms in total. The van der Waals surface area contributed by atoms with Crippen LogP contribution in [0.4, 0.5) is 0 Å². The number of aromatic nitrogens is 1. The standard InChI is InChI=1S/C20H25N3O5S/c1-21-14-16(12-18(21)20(25)28-3)29(26,27)23-11-7-10-17(23)19(24)22(2)13-15-8-5-4-6-9-15/h4-6,8-9,12,14,17H,7,10-11,13H2,1-3H3/t17-/m0/s1. The zero-order valence-corrected chi connectivity index (χ0v) is 17.6. The lowest BCUT2D eigenvalue weighted by molar-refractivity contribution is -0.133. The van der Waals surface area contributed by atoms with Crippen LogP contribution in [0.5, 0.6) is 0 Å². The molecule has 0 aliphatic carbocycles. The van der Waals surface area contributed by atoms with Gasteiger partial charge in [0.15, 0.2) is 0 Å². The summed E-state index contributed by atoms with van der Waals surface area (Å²) in [7, 11) is 0.564. The Kier molecular flexibility index (Phi) is 6.09. The molecule has 1 aliphatic rings. The fourth-order valence-corrected chi connectivity index (χ4v) is 5.31. The lowest BCUT2D eigenvalue weighted by Crippen LogP contribution is -2.46. The average Bonchev–Trinajstić information content (AvgIpc) is 3.35. The van der Waals surface area contributed by atoms with Gasteiger partial charge >= 0.3 is 5.97 Å². The summed E-state index contributed by atoms with van der Waals surface area (Å²) in [5, 5.41) is 0. The van der Waals surface area contributed by atoms with E-state index in [4.69, 9.17) is 0 Å². The number of carbonyl (C=O) groups excluding carboxylic acids is 2. The Morgan fingerprint density at radius 3 is 2.59 bits per heavy atom. The van der Waals surface area contributed by atoms with Crippen LogP contribution >= 0.6 is 0 Å². The van der Waals surface area contributed by atoms with Gasteiger partial charge in [0, 0.05) is 33.4 Å². The Morgan fingerprint density at radius 2 is 1.93 bits per heavy atom. The van der Waals surface area contributed by atoms with Crippen LogP contribution in [0, 0.1) is 0 Å². The van der Waals surface area contributed by atoms with Gasteiger partial charge in [0.05, 0.1) is 7.11 Å². The molecule has 9 heteroatoms. The summed E-state index contributed by atoms with van der Waals surface area (Å²) in [6, 6.07) is 10.1. The molecule has 156 valence electrons. The fraction of sp³-hybridized carbons (Fsp3) is 0.400. The first-order valence-electron chi connectivity index (χ1n) is 9.31. The van der Waals surface area contributed by atoms with Gasteiger partial charge < -0.3 is 14.2 Å². The Bertz CT molecular complexity index is 1000. The van der Waals surface area contributed by atoms with Crippen molar-refractivity contribution in [1.29, 1.82) is 0 Å². The molecular weight excluding hydrogens is 394 g/mol. The van der Waals surface area contributed by atoms with Crippen molar-refractivity contribution in [2.75, 3.05) is 20.7 Å². The topological polar surface area (TPSA) is 88.9 Å². The van der Waals surface area contributed by atoms with E-state index in [1.54, 1.807) is 19.0 Å². The van der Waals surface area contributed by atoms with Crippen molar-refractivity contribution in [3.63, 3.8) is 0 Å². The number of sulfonamides is 1. The summed E-state index contributed by atoms with van der Waals surface area (Å²) < 4.78 is 33.7. The number of hydrogen-bond acceptors (Lipinski definition) is 5.